The molecular weight excluding hydrogens is 446 g/mol. The van der Waals surface area contributed by atoms with E-state index in [9.17, 15) is 19.5 Å². The number of carbonyl (C=O) groups excluding carboxylic acids is 2. The van der Waals surface area contributed by atoms with Crippen molar-refractivity contribution >= 4 is 18.0 Å². The molecule has 186 valence electrons. The highest BCUT2D eigenvalue weighted by Crippen LogP contribution is 2.44. The van der Waals surface area contributed by atoms with Gasteiger partial charge in [0.25, 0.3) is 0 Å². The van der Waals surface area contributed by atoms with Crippen LogP contribution in [0.25, 0.3) is 11.1 Å². The minimum atomic E-state index is -1.17. The Morgan fingerprint density at radius 1 is 1.00 bits per heavy atom. The highest BCUT2D eigenvalue weighted by Gasteiger charge is 2.33. The van der Waals surface area contributed by atoms with Crippen LogP contribution in [0.2, 0.25) is 0 Å². The predicted molar refractivity (Wildman–Crippen MR) is 132 cm³/mol. The van der Waals surface area contributed by atoms with Crippen molar-refractivity contribution in [3.8, 4) is 11.1 Å². The molecular formula is C27H33N3O5. The van der Waals surface area contributed by atoms with Crippen LogP contribution in [-0.2, 0) is 14.3 Å². The summed E-state index contributed by atoms with van der Waals surface area (Å²) < 4.78 is 5.53. The number of aliphatic carboxylic acids is 1. The van der Waals surface area contributed by atoms with Crippen LogP contribution in [0.4, 0.5) is 4.79 Å². The Morgan fingerprint density at radius 3 is 2.11 bits per heavy atom. The Kier molecular flexibility index (Phi) is 7.70. The van der Waals surface area contributed by atoms with Crippen molar-refractivity contribution in [3.05, 3.63) is 59.7 Å². The summed E-state index contributed by atoms with van der Waals surface area (Å²) in [5, 5.41) is 11.9. The van der Waals surface area contributed by atoms with Gasteiger partial charge in [-0.2, -0.15) is 0 Å². The molecule has 2 amide bonds. The molecule has 4 rings (SSSR count). The van der Waals surface area contributed by atoms with Crippen LogP contribution in [0.5, 0.6) is 0 Å². The van der Waals surface area contributed by atoms with E-state index in [0.29, 0.717) is 19.1 Å². The van der Waals surface area contributed by atoms with Crippen molar-refractivity contribution in [1.82, 2.24) is 15.1 Å². The largest absolute Gasteiger partial charge is 0.481 e. The summed E-state index contributed by atoms with van der Waals surface area (Å²) >= 11 is 0. The molecule has 2 atom stereocenters. The number of fused-ring (bicyclic) bond motifs is 3. The molecule has 1 aliphatic carbocycles. The Bertz CT molecular complexity index is 1030. The fraction of sp³-hybridized carbons (Fsp3) is 0.444. The van der Waals surface area contributed by atoms with Crippen molar-refractivity contribution in [2.24, 2.45) is 0 Å². The number of benzene rings is 2. The third kappa shape index (κ3) is 5.48. The van der Waals surface area contributed by atoms with E-state index in [1.165, 1.54) is 0 Å². The number of piperazine rings is 1. The number of hydrogen-bond acceptors (Lipinski definition) is 5. The highest BCUT2D eigenvalue weighted by molar-refractivity contribution is 5.89. The summed E-state index contributed by atoms with van der Waals surface area (Å²) in [6.07, 6.45) is -0.252. The Labute approximate surface area is 205 Å². The molecule has 0 spiro atoms. The van der Waals surface area contributed by atoms with E-state index in [0.717, 1.165) is 41.8 Å². The van der Waals surface area contributed by atoms with Gasteiger partial charge in [0.15, 0.2) is 0 Å². The SMILES string of the molecule is CCC(C)N1CCN(C(=O)C(CC(=O)O)NC(=O)OCC2c3ccccc3-c3ccccc32)CC1. The first kappa shape index (κ1) is 24.7. The van der Waals surface area contributed by atoms with Crippen LogP contribution in [0.15, 0.2) is 48.5 Å². The van der Waals surface area contributed by atoms with Gasteiger partial charge in [0.05, 0.1) is 6.42 Å². The molecule has 8 nitrogen and oxygen atoms in total. The molecule has 35 heavy (non-hydrogen) atoms. The second kappa shape index (κ2) is 10.9. The maximum absolute atomic E-state index is 13.1. The maximum atomic E-state index is 13.1. The number of hydrogen-bond donors (Lipinski definition) is 2. The minimum absolute atomic E-state index is 0.0986. The standard InChI is InChI=1S/C27H33N3O5/c1-3-18(2)29-12-14-30(15-13-29)26(33)24(16-25(31)32)28-27(34)35-17-23-21-10-6-4-8-19(21)20-9-5-7-11-22(20)23/h4-11,18,23-24H,3,12-17H2,1-2H3,(H,28,34)(H,31,32). The lowest BCUT2D eigenvalue weighted by Gasteiger charge is -2.38. The van der Waals surface area contributed by atoms with E-state index in [1.54, 1.807) is 4.90 Å². The number of nitrogens with zero attached hydrogens (tertiary/aromatic N) is 2. The summed E-state index contributed by atoms with van der Waals surface area (Å²) in [6, 6.07) is 15.3. The van der Waals surface area contributed by atoms with Crippen molar-refractivity contribution in [2.75, 3.05) is 32.8 Å². The van der Waals surface area contributed by atoms with E-state index in [-0.39, 0.29) is 18.4 Å². The first-order chi connectivity index (χ1) is 16.9. The fourth-order valence-corrected chi connectivity index (χ4v) is 5.02. The van der Waals surface area contributed by atoms with Crippen LogP contribution in [0.3, 0.4) is 0 Å². The molecule has 2 aromatic carbocycles. The van der Waals surface area contributed by atoms with Crippen molar-refractivity contribution < 1.29 is 24.2 Å². The Balaban J connectivity index is 1.38. The maximum Gasteiger partial charge on any atom is 0.407 e. The number of rotatable bonds is 8. The zero-order valence-electron chi connectivity index (χ0n) is 20.3. The van der Waals surface area contributed by atoms with E-state index in [1.807, 2.05) is 36.4 Å². The third-order valence-corrected chi connectivity index (χ3v) is 7.15. The topological polar surface area (TPSA) is 99.2 Å². The number of carbonyl (C=O) groups is 3. The van der Waals surface area contributed by atoms with Crippen LogP contribution in [0.1, 0.15) is 43.7 Å². The number of nitrogens with one attached hydrogen (secondary N) is 1. The minimum Gasteiger partial charge on any atom is -0.481 e. The predicted octanol–water partition coefficient (Wildman–Crippen LogP) is 3.31. The average Bonchev–Trinajstić information content (AvgIpc) is 3.19. The van der Waals surface area contributed by atoms with Gasteiger partial charge in [-0.3, -0.25) is 14.5 Å². The zero-order chi connectivity index (χ0) is 24.9. The van der Waals surface area contributed by atoms with Gasteiger partial charge in [-0.05, 0) is 35.6 Å². The van der Waals surface area contributed by atoms with Crippen molar-refractivity contribution in [1.29, 1.82) is 0 Å². The van der Waals surface area contributed by atoms with Gasteiger partial charge in [0, 0.05) is 38.1 Å². The quantitative estimate of drug-likeness (QED) is 0.603. The van der Waals surface area contributed by atoms with Crippen LogP contribution >= 0.6 is 0 Å². The summed E-state index contributed by atoms with van der Waals surface area (Å²) in [4.78, 5) is 41.1. The van der Waals surface area contributed by atoms with Gasteiger partial charge >= 0.3 is 12.1 Å². The monoisotopic (exact) mass is 479 g/mol. The van der Waals surface area contributed by atoms with Gasteiger partial charge in [0.1, 0.15) is 12.6 Å². The molecule has 0 bridgehead atoms. The normalized spacial score (nSPS) is 17.3. The van der Waals surface area contributed by atoms with Crippen LogP contribution in [0, 0.1) is 0 Å². The van der Waals surface area contributed by atoms with Gasteiger partial charge in [-0.15, -0.1) is 0 Å². The van der Waals surface area contributed by atoms with E-state index in [4.69, 9.17) is 4.74 Å². The molecule has 0 saturated carbocycles. The number of alkyl carbamates (subject to hydrolysis) is 1. The van der Waals surface area contributed by atoms with Gasteiger partial charge in [-0.25, -0.2) is 4.79 Å². The third-order valence-electron chi connectivity index (χ3n) is 7.15. The Morgan fingerprint density at radius 2 is 1.57 bits per heavy atom. The van der Waals surface area contributed by atoms with Crippen LogP contribution < -0.4 is 5.32 Å². The Hall–Kier alpha value is -3.39. The molecule has 1 saturated heterocycles. The molecule has 1 aliphatic heterocycles. The molecule has 2 N–H and O–H groups in total. The second-order valence-corrected chi connectivity index (χ2v) is 9.24. The molecule has 2 aromatic rings. The second-order valence-electron chi connectivity index (χ2n) is 9.24. The van der Waals surface area contributed by atoms with Crippen molar-refractivity contribution in [2.45, 2.75) is 44.7 Å². The van der Waals surface area contributed by atoms with Crippen molar-refractivity contribution in [3.63, 3.8) is 0 Å². The molecule has 8 heteroatoms. The van der Waals surface area contributed by atoms with E-state index < -0.39 is 24.5 Å². The molecule has 2 aliphatic rings. The highest BCUT2D eigenvalue weighted by atomic mass is 16.5. The van der Waals surface area contributed by atoms with Gasteiger partial charge in [0.2, 0.25) is 5.91 Å². The van der Waals surface area contributed by atoms with E-state index in [2.05, 4.69) is 36.2 Å². The lowest BCUT2D eigenvalue weighted by Crippen LogP contribution is -2.56. The summed E-state index contributed by atoms with van der Waals surface area (Å²) in [5.41, 5.74) is 4.40. The van der Waals surface area contributed by atoms with Gasteiger partial charge < -0.3 is 20.1 Å². The summed E-state index contributed by atoms with van der Waals surface area (Å²) in [7, 11) is 0. The molecule has 2 unspecified atom stereocenters. The fourth-order valence-electron chi connectivity index (χ4n) is 5.02. The first-order valence-electron chi connectivity index (χ1n) is 12.2. The summed E-state index contributed by atoms with van der Waals surface area (Å²) in [6.45, 7) is 6.85. The molecule has 0 aromatic heterocycles. The zero-order valence-corrected chi connectivity index (χ0v) is 20.3. The molecule has 1 fully saturated rings. The molecule has 1 heterocycles. The number of carboxylic acids is 1. The lowest BCUT2D eigenvalue weighted by atomic mass is 9.98. The molecule has 0 radical (unpaired) electrons. The summed E-state index contributed by atoms with van der Waals surface area (Å²) in [5.74, 6) is -1.65. The average molecular weight is 480 g/mol. The first-order valence-corrected chi connectivity index (χ1v) is 12.2. The lowest BCUT2D eigenvalue weighted by molar-refractivity contribution is -0.143. The van der Waals surface area contributed by atoms with E-state index >= 15 is 0 Å². The van der Waals surface area contributed by atoms with Crippen LogP contribution in [-0.4, -0.2) is 77.7 Å². The number of ether oxygens (including phenoxy) is 1. The number of amides is 2. The smallest absolute Gasteiger partial charge is 0.407 e. The van der Waals surface area contributed by atoms with Gasteiger partial charge in [-0.1, -0.05) is 55.5 Å². The number of carboxylic acid groups (broad SMARTS) is 1.